The highest BCUT2D eigenvalue weighted by Gasteiger charge is 2.63. The molecular weight excluding hydrogens is 256 g/mol. The summed E-state index contributed by atoms with van der Waals surface area (Å²) in [5, 5.41) is 9.85. The third-order valence-electron chi connectivity index (χ3n) is 6.42. The first kappa shape index (κ1) is 13.1. The summed E-state index contributed by atoms with van der Waals surface area (Å²) in [6, 6.07) is 0. The maximum atomic E-state index is 12.0. The fourth-order valence-electron chi connectivity index (χ4n) is 4.97. The molecule has 1 N–H and O–H groups in total. The van der Waals surface area contributed by atoms with Crippen molar-refractivity contribution in [3.05, 3.63) is 0 Å². The van der Waals surface area contributed by atoms with Gasteiger partial charge in [-0.15, -0.1) is 0 Å². The SMILES string of the molecule is CC1C(CC2(C(=O)O)CCC3OC3(C)C2)CCC2OC21. The van der Waals surface area contributed by atoms with Gasteiger partial charge in [-0.1, -0.05) is 6.92 Å². The van der Waals surface area contributed by atoms with Crippen LogP contribution in [0.5, 0.6) is 0 Å². The van der Waals surface area contributed by atoms with Crippen LogP contribution in [0.1, 0.15) is 52.4 Å². The van der Waals surface area contributed by atoms with Crippen LogP contribution < -0.4 is 0 Å². The summed E-state index contributed by atoms with van der Waals surface area (Å²) >= 11 is 0. The van der Waals surface area contributed by atoms with Gasteiger partial charge in [-0.2, -0.15) is 0 Å². The van der Waals surface area contributed by atoms with Crippen LogP contribution in [0.4, 0.5) is 0 Å². The van der Waals surface area contributed by atoms with Gasteiger partial charge in [0.15, 0.2) is 0 Å². The first-order chi connectivity index (χ1) is 9.43. The number of carboxylic acid groups (broad SMARTS) is 1. The Kier molecular flexibility index (Phi) is 2.60. The zero-order valence-corrected chi connectivity index (χ0v) is 12.3. The topological polar surface area (TPSA) is 62.4 Å². The van der Waals surface area contributed by atoms with Gasteiger partial charge in [-0.05, 0) is 57.3 Å². The number of hydrogen-bond acceptors (Lipinski definition) is 3. The number of fused-ring (bicyclic) bond motifs is 2. The van der Waals surface area contributed by atoms with Crippen molar-refractivity contribution >= 4 is 5.97 Å². The van der Waals surface area contributed by atoms with Crippen molar-refractivity contribution in [2.45, 2.75) is 76.3 Å². The van der Waals surface area contributed by atoms with Gasteiger partial charge in [0, 0.05) is 0 Å². The number of epoxide rings is 2. The first-order valence-electron chi connectivity index (χ1n) is 8.00. The minimum atomic E-state index is -0.612. The van der Waals surface area contributed by atoms with Gasteiger partial charge in [0.1, 0.15) is 0 Å². The second kappa shape index (κ2) is 3.98. The lowest BCUT2D eigenvalue weighted by atomic mass is 9.62. The van der Waals surface area contributed by atoms with Gasteiger partial charge in [-0.3, -0.25) is 4.79 Å². The van der Waals surface area contributed by atoms with Crippen LogP contribution in [0, 0.1) is 17.3 Å². The molecule has 4 nitrogen and oxygen atoms in total. The molecule has 2 heterocycles. The van der Waals surface area contributed by atoms with Crippen molar-refractivity contribution in [3.8, 4) is 0 Å². The number of rotatable bonds is 3. The van der Waals surface area contributed by atoms with Gasteiger partial charge in [0.05, 0.1) is 29.3 Å². The third kappa shape index (κ3) is 1.84. The zero-order valence-electron chi connectivity index (χ0n) is 12.3. The van der Waals surface area contributed by atoms with Crippen molar-refractivity contribution in [2.24, 2.45) is 17.3 Å². The lowest BCUT2D eigenvalue weighted by Crippen LogP contribution is -2.42. The number of hydrogen-bond donors (Lipinski definition) is 1. The third-order valence-corrected chi connectivity index (χ3v) is 6.42. The molecule has 2 saturated carbocycles. The Hall–Kier alpha value is -0.610. The van der Waals surface area contributed by atoms with Gasteiger partial charge in [0.2, 0.25) is 0 Å². The van der Waals surface area contributed by atoms with E-state index in [2.05, 4.69) is 13.8 Å². The molecule has 0 aromatic heterocycles. The molecule has 0 aromatic carbocycles. The fraction of sp³-hybridized carbons (Fsp3) is 0.938. The molecule has 4 rings (SSSR count). The quantitative estimate of drug-likeness (QED) is 0.807. The molecule has 2 aliphatic carbocycles. The molecule has 0 radical (unpaired) electrons. The van der Waals surface area contributed by atoms with Crippen LogP contribution in [0.2, 0.25) is 0 Å². The van der Waals surface area contributed by atoms with E-state index in [1.165, 1.54) is 0 Å². The van der Waals surface area contributed by atoms with Crippen molar-refractivity contribution in [1.29, 1.82) is 0 Å². The van der Waals surface area contributed by atoms with Gasteiger partial charge < -0.3 is 14.6 Å². The Labute approximate surface area is 119 Å². The van der Waals surface area contributed by atoms with E-state index < -0.39 is 11.4 Å². The molecule has 7 unspecified atom stereocenters. The van der Waals surface area contributed by atoms with Crippen molar-refractivity contribution in [2.75, 3.05) is 0 Å². The molecule has 2 aliphatic heterocycles. The smallest absolute Gasteiger partial charge is 0.309 e. The van der Waals surface area contributed by atoms with E-state index in [0.717, 1.165) is 32.1 Å². The second-order valence-corrected chi connectivity index (χ2v) is 7.76. The summed E-state index contributed by atoms with van der Waals surface area (Å²) in [6.45, 7) is 4.32. The molecule has 4 fully saturated rings. The molecule has 0 bridgehead atoms. The predicted octanol–water partition coefficient (Wildman–Crippen LogP) is 2.60. The molecule has 20 heavy (non-hydrogen) atoms. The molecule has 7 atom stereocenters. The van der Waals surface area contributed by atoms with Crippen LogP contribution in [0.15, 0.2) is 0 Å². The Bertz CT molecular complexity index is 450. The van der Waals surface area contributed by atoms with Gasteiger partial charge in [0.25, 0.3) is 0 Å². The molecule has 2 saturated heterocycles. The monoisotopic (exact) mass is 280 g/mol. The first-order valence-corrected chi connectivity index (χ1v) is 8.00. The Morgan fingerprint density at radius 1 is 1.35 bits per heavy atom. The number of aliphatic carboxylic acids is 1. The summed E-state index contributed by atoms with van der Waals surface area (Å²) in [6.07, 6.45) is 6.62. The highest BCUT2D eigenvalue weighted by molar-refractivity contribution is 5.75. The van der Waals surface area contributed by atoms with E-state index >= 15 is 0 Å². The Morgan fingerprint density at radius 3 is 2.85 bits per heavy atom. The largest absolute Gasteiger partial charge is 0.481 e. The predicted molar refractivity (Wildman–Crippen MR) is 72.4 cm³/mol. The van der Waals surface area contributed by atoms with E-state index in [1.54, 1.807) is 0 Å². The van der Waals surface area contributed by atoms with Gasteiger partial charge >= 0.3 is 5.97 Å². The van der Waals surface area contributed by atoms with E-state index in [0.29, 0.717) is 36.6 Å². The summed E-state index contributed by atoms with van der Waals surface area (Å²) in [5.74, 6) is 0.392. The lowest BCUT2D eigenvalue weighted by molar-refractivity contribution is -0.153. The average molecular weight is 280 g/mol. The summed E-state index contributed by atoms with van der Waals surface area (Å²) in [4.78, 5) is 12.0. The summed E-state index contributed by atoms with van der Waals surface area (Å²) in [5.41, 5.74) is -0.727. The van der Waals surface area contributed by atoms with Crippen molar-refractivity contribution in [1.82, 2.24) is 0 Å². The molecule has 4 heteroatoms. The Balaban J connectivity index is 1.52. The van der Waals surface area contributed by atoms with E-state index in [-0.39, 0.29) is 5.60 Å². The average Bonchev–Trinajstić information content (AvgIpc) is 3.26. The molecule has 0 amide bonds. The van der Waals surface area contributed by atoms with Crippen LogP contribution in [0.3, 0.4) is 0 Å². The van der Waals surface area contributed by atoms with Crippen LogP contribution in [-0.2, 0) is 14.3 Å². The van der Waals surface area contributed by atoms with Crippen LogP contribution in [-0.4, -0.2) is 35.0 Å². The zero-order chi connectivity index (χ0) is 14.1. The van der Waals surface area contributed by atoms with Gasteiger partial charge in [-0.25, -0.2) is 0 Å². The normalized spacial score (nSPS) is 56.6. The molecule has 112 valence electrons. The molecule has 4 aliphatic rings. The molecular formula is C16H24O4. The number of carbonyl (C=O) groups is 1. The molecule has 0 spiro atoms. The standard InChI is InChI=1S/C16H24O4/c1-9-10(3-4-11-13(9)19-11)7-16(14(17)18)6-5-12-15(2,8-16)20-12/h9-13H,3-8H2,1-2H3,(H,17,18). The number of carboxylic acids is 1. The second-order valence-electron chi connectivity index (χ2n) is 7.76. The summed E-state index contributed by atoms with van der Waals surface area (Å²) < 4.78 is 11.4. The maximum absolute atomic E-state index is 12.0. The van der Waals surface area contributed by atoms with E-state index in [9.17, 15) is 9.90 Å². The maximum Gasteiger partial charge on any atom is 0.309 e. The van der Waals surface area contributed by atoms with E-state index in [1.807, 2.05) is 0 Å². The molecule has 0 aromatic rings. The lowest BCUT2D eigenvalue weighted by Gasteiger charge is -2.39. The van der Waals surface area contributed by atoms with Crippen molar-refractivity contribution in [3.63, 3.8) is 0 Å². The van der Waals surface area contributed by atoms with Crippen LogP contribution >= 0.6 is 0 Å². The minimum absolute atomic E-state index is 0.160. The highest BCUT2D eigenvalue weighted by Crippen LogP contribution is 2.58. The fourth-order valence-corrected chi connectivity index (χ4v) is 4.97. The van der Waals surface area contributed by atoms with Crippen molar-refractivity contribution < 1.29 is 19.4 Å². The van der Waals surface area contributed by atoms with Crippen LogP contribution in [0.25, 0.3) is 0 Å². The Morgan fingerprint density at radius 2 is 2.15 bits per heavy atom. The minimum Gasteiger partial charge on any atom is -0.481 e. The number of ether oxygens (including phenoxy) is 2. The van der Waals surface area contributed by atoms with E-state index in [4.69, 9.17) is 9.47 Å². The highest BCUT2D eigenvalue weighted by atomic mass is 16.6. The summed E-state index contributed by atoms with van der Waals surface area (Å²) in [7, 11) is 0.